The van der Waals surface area contributed by atoms with Gasteiger partial charge in [-0.2, -0.15) is 9.40 Å². The van der Waals surface area contributed by atoms with E-state index in [1.54, 1.807) is 10.4 Å². The van der Waals surface area contributed by atoms with E-state index in [0.29, 0.717) is 43.8 Å². The monoisotopic (exact) mass is 407 g/mol. The van der Waals surface area contributed by atoms with Crippen molar-refractivity contribution in [3.8, 4) is 0 Å². The first-order valence-corrected chi connectivity index (χ1v) is 11.1. The minimum Gasteiger partial charge on any atom is -0.303 e. The summed E-state index contributed by atoms with van der Waals surface area (Å²) in [6.07, 6.45) is 4.17. The van der Waals surface area contributed by atoms with Gasteiger partial charge in [0, 0.05) is 32.2 Å². The highest BCUT2D eigenvalue weighted by atomic mass is 32.2. The van der Waals surface area contributed by atoms with Crippen LogP contribution >= 0.6 is 12.2 Å². The molecular formula is C18H25N5O2S2. The molecule has 0 N–H and O–H groups in total. The van der Waals surface area contributed by atoms with E-state index in [2.05, 4.69) is 14.6 Å². The van der Waals surface area contributed by atoms with Crippen LogP contribution < -0.4 is 0 Å². The van der Waals surface area contributed by atoms with Crippen molar-refractivity contribution in [3.05, 3.63) is 40.4 Å². The third-order valence-corrected chi connectivity index (χ3v) is 7.79. The lowest BCUT2D eigenvalue weighted by Gasteiger charge is -2.34. The van der Waals surface area contributed by atoms with Crippen LogP contribution in [0.15, 0.2) is 29.4 Å². The van der Waals surface area contributed by atoms with Crippen molar-refractivity contribution in [2.45, 2.75) is 44.3 Å². The number of piperazine rings is 1. The molecule has 146 valence electrons. The molecule has 2 heterocycles. The van der Waals surface area contributed by atoms with Crippen LogP contribution in [0.3, 0.4) is 0 Å². The van der Waals surface area contributed by atoms with Gasteiger partial charge in [0.2, 0.25) is 10.0 Å². The molecule has 4 rings (SSSR count). The molecule has 0 spiro atoms. The molecule has 1 aromatic carbocycles. The van der Waals surface area contributed by atoms with Crippen molar-refractivity contribution >= 4 is 22.2 Å². The standard InChI is InChI=1S/C18H25N5O2S2/c1-14-3-6-17(15(2)11-14)27(24,25)21-9-7-20(8-10-21)13-23-18(26)22(12-19-23)16-4-5-16/h3,6,11-12,16H,4-5,7-10,13H2,1-2H3. The van der Waals surface area contributed by atoms with Crippen molar-refractivity contribution in [3.63, 3.8) is 0 Å². The molecule has 1 aromatic heterocycles. The lowest BCUT2D eigenvalue weighted by Crippen LogP contribution is -2.49. The second kappa shape index (κ2) is 7.12. The minimum absolute atomic E-state index is 0.409. The van der Waals surface area contributed by atoms with Gasteiger partial charge in [-0.05, 0) is 50.5 Å². The quantitative estimate of drug-likeness (QED) is 0.712. The fourth-order valence-electron chi connectivity index (χ4n) is 3.58. The second-order valence-electron chi connectivity index (χ2n) is 7.48. The summed E-state index contributed by atoms with van der Waals surface area (Å²) in [7, 11) is -3.45. The number of nitrogens with zero attached hydrogens (tertiary/aromatic N) is 5. The van der Waals surface area contributed by atoms with Crippen LogP contribution in [0.2, 0.25) is 0 Å². The van der Waals surface area contributed by atoms with Gasteiger partial charge in [-0.15, -0.1) is 0 Å². The smallest absolute Gasteiger partial charge is 0.243 e. The van der Waals surface area contributed by atoms with E-state index in [1.807, 2.05) is 37.0 Å². The van der Waals surface area contributed by atoms with E-state index in [9.17, 15) is 8.42 Å². The van der Waals surface area contributed by atoms with Crippen LogP contribution in [0.25, 0.3) is 0 Å². The third-order valence-electron chi connectivity index (χ3n) is 5.31. The lowest BCUT2D eigenvalue weighted by molar-refractivity contribution is 0.144. The molecule has 9 heteroatoms. The van der Waals surface area contributed by atoms with Crippen molar-refractivity contribution in [2.24, 2.45) is 0 Å². The van der Waals surface area contributed by atoms with Gasteiger partial charge in [-0.3, -0.25) is 4.90 Å². The van der Waals surface area contributed by atoms with Gasteiger partial charge in [0.15, 0.2) is 4.77 Å². The predicted octanol–water partition coefficient (Wildman–Crippen LogP) is 2.33. The fourth-order valence-corrected chi connectivity index (χ4v) is 5.51. The predicted molar refractivity (Wildman–Crippen MR) is 106 cm³/mol. The summed E-state index contributed by atoms with van der Waals surface area (Å²) in [5, 5.41) is 4.41. The maximum atomic E-state index is 13.0. The summed E-state index contributed by atoms with van der Waals surface area (Å²) < 4.78 is 32.2. The van der Waals surface area contributed by atoms with Crippen LogP contribution in [0.1, 0.15) is 30.0 Å². The number of aromatic nitrogens is 3. The topological polar surface area (TPSA) is 63.4 Å². The number of hydrogen-bond donors (Lipinski definition) is 0. The normalized spacial score (nSPS) is 19.5. The van der Waals surface area contributed by atoms with Gasteiger partial charge >= 0.3 is 0 Å². The molecule has 2 fully saturated rings. The van der Waals surface area contributed by atoms with E-state index >= 15 is 0 Å². The average Bonchev–Trinajstić information content (AvgIpc) is 3.40. The van der Waals surface area contributed by atoms with E-state index in [-0.39, 0.29) is 0 Å². The molecule has 1 saturated heterocycles. The minimum atomic E-state index is -3.45. The van der Waals surface area contributed by atoms with E-state index in [1.165, 1.54) is 12.8 Å². The summed E-state index contributed by atoms with van der Waals surface area (Å²) in [5.74, 6) is 0. The summed E-state index contributed by atoms with van der Waals surface area (Å²) in [5.41, 5.74) is 1.87. The summed E-state index contributed by atoms with van der Waals surface area (Å²) >= 11 is 5.51. The fraction of sp³-hybridized carbons (Fsp3) is 0.556. The molecule has 2 aliphatic rings. The summed E-state index contributed by atoms with van der Waals surface area (Å²) in [6, 6.07) is 6.01. The van der Waals surface area contributed by atoms with Crippen molar-refractivity contribution in [1.82, 2.24) is 23.6 Å². The molecule has 0 radical (unpaired) electrons. The zero-order chi connectivity index (χ0) is 19.2. The highest BCUT2D eigenvalue weighted by molar-refractivity contribution is 7.89. The van der Waals surface area contributed by atoms with Crippen LogP contribution in [-0.2, 0) is 16.7 Å². The molecule has 0 bridgehead atoms. The Morgan fingerprint density at radius 2 is 1.85 bits per heavy atom. The van der Waals surface area contributed by atoms with Crippen LogP contribution in [0.5, 0.6) is 0 Å². The molecule has 1 aliphatic carbocycles. The molecule has 1 saturated carbocycles. The Balaban J connectivity index is 1.42. The Labute approximate surface area is 165 Å². The number of sulfonamides is 1. The highest BCUT2D eigenvalue weighted by Crippen LogP contribution is 2.34. The Hall–Kier alpha value is -1.55. The van der Waals surface area contributed by atoms with Gasteiger partial charge in [0.05, 0.1) is 11.6 Å². The number of hydrogen-bond acceptors (Lipinski definition) is 5. The average molecular weight is 408 g/mol. The van der Waals surface area contributed by atoms with E-state index < -0.39 is 10.0 Å². The first kappa shape index (κ1) is 18.8. The maximum absolute atomic E-state index is 13.0. The Bertz CT molecular complexity index is 999. The van der Waals surface area contributed by atoms with E-state index in [0.717, 1.165) is 15.9 Å². The van der Waals surface area contributed by atoms with Crippen molar-refractivity contribution < 1.29 is 8.42 Å². The molecule has 1 aliphatic heterocycles. The molecule has 0 unspecified atom stereocenters. The molecular weight excluding hydrogens is 382 g/mol. The molecule has 0 amide bonds. The first-order valence-electron chi connectivity index (χ1n) is 9.30. The number of aryl methyl sites for hydroxylation is 2. The zero-order valence-corrected chi connectivity index (χ0v) is 17.3. The molecule has 2 aromatic rings. The third kappa shape index (κ3) is 3.73. The molecule has 7 nitrogen and oxygen atoms in total. The van der Waals surface area contributed by atoms with Crippen molar-refractivity contribution in [2.75, 3.05) is 26.2 Å². The lowest BCUT2D eigenvalue weighted by atomic mass is 10.2. The van der Waals surface area contributed by atoms with Gasteiger partial charge < -0.3 is 4.57 Å². The molecule has 27 heavy (non-hydrogen) atoms. The van der Waals surface area contributed by atoms with Gasteiger partial charge in [-0.1, -0.05) is 17.7 Å². The Morgan fingerprint density at radius 1 is 1.15 bits per heavy atom. The number of rotatable bonds is 5. The summed E-state index contributed by atoms with van der Waals surface area (Å²) in [6.45, 7) is 6.73. The first-order chi connectivity index (χ1) is 12.9. The van der Waals surface area contributed by atoms with Crippen LogP contribution in [-0.4, -0.2) is 58.1 Å². The van der Waals surface area contributed by atoms with Gasteiger partial charge in [0.1, 0.15) is 6.33 Å². The largest absolute Gasteiger partial charge is 0.303 e. The van der Waals surface area contributed by atoms with Crippen LogP contribution in [0, 0.1) is 18.6 Å². The Kier molecular flexibility index (Phi) is 4.96. The van der Waals surface area contributed by atoms with E-state index in [4.69, 9.17) is 12.2 Å². The highest BCUT2D eigenvalue weighted by Gasteiger charge is 2.30. The summed E-state index contributed by atoms with van der Waals surface area (Å²) in [4.78, 5) is 2.61. The Morgan fingerprint density at radius 3 is 2.48 bits per heavy atom. The van der Waals surface area contributed by atoms with Crippen LogP contribution in [0.4, 0.5) is 0 Å². The zero-order valence-electron chi connectivity index (χ0n) is 15.7. The van der Waals surface area contributed by atoms with Gasteiger partial charge in [-0.25, -0.2) is 13.1 Å². The maximum Gasteiger partial charge on any atom is 0.243 e. The van der Waals surface area contributed by atoms with Gasteiger partial charge in [0.25, 0.3) is 0 Å². The second-order valence-corrected chi connectivity index (χ2v) is 9.76. The molecule has 0 atom stereocenters. The van der Waals surface area contributed by atoms with Crippen molar-refractivity contribution in [1.29, 1.82) is 0 Å². The SMILES string of the molecule is Cc1ccc(S(=O)(=O)N2CCN(Cn3ncn(C4CC4)c3=S)CC2)c(C)c1. The number of benzene rings is 1.